The summed E-state index contributed by atoms with van der Waals surface area (Å²) in [5.74, 6) is 1.45. The van der Waals surface area contributed by atoms with Crippen molar-refractivity contribution in [3.63, 3.8) is 0 Å². The molecule has 0 aliphatic carbocycles. The Bertz CT molecular complexity index is 568. The first-order valence-electron chi connectivity index (χ1n) is 6.39. The van der Waals surface area contributed by atoms with E-state index < -0.39 is 0 Å². The van der Waals surface area contributed by atoms with Crippen LogP contribution in [-0.2, 0) is 0 Å². The summed E-state index contributed by atoms with van der Waals surface area (Å²) in [6.45, 7) is 4.95. The number of aromatic nitrogens is 3. The third kappa shape index (κ3) is 2.57. The van der Waals surface area contributed by atoms with Crippen LogP contribution < -0.4 is 10.2 Å². The summed E-state index contributed by atoms with van der Waals surface area (Å²) >= 11 is 6.17. The first-order valence-corrected chi connectivity index (χ1v) is 6.77. The van der Waals surface area contributed by atoms with Gasteiger partial charge in [0.1, 0.15) is 0 Å². The number of hydrogen-bond acceptors (Lipinski definition) is 4. The number of rotatable bonds is 2. The quantitative estimate of drug-likeness (QED) is 0.881. The maximum absolute atomic E-state index is 6.17. The molecule has 1 aromatic heterocycles. The SMILES string of the molecule is C[C@@H]1CN(c2n[nH]c(-c3ccccc3Cl)n2)CCN1. The van der Waals surface area contributed by atoms with Crippen molar-refractivity contribution in [2.24, 2.45) is 0 Å². The molecule has 6 heteroatoms. The minimum Gasteiger partial charge on any atom is -0.337 e. The van der Waals surface area contributed by atoms with Crippen molar-refractivity contribution >= 4 is 17.5 Å². The van der Waals surface area contributed by atoms with Crippen LogP contribution in [0.25, 0.3) is 11.4 Å². The number of benzene rings is 1. The minimum atomic E-state index is 0.455. The molecule has 100 valence electrons. The summed E-state index contributed by atoms with van der Waals surface area (Å²) < 4.78 is 0. The maximum Gasteiger partial charge on any atom is 0.245 e. The minimum absolute atomic E-state index is 0.455. The Labute approximate surface area is 117 Å². The Morgan fingerprint density at radius 2 is 2.21 bits per heavy atom. The fraction of sp³-hybridized carbons (Fsp3) is 0.385. The van der Waals surface area contributed by atoms with E-state index in [1.165, 1.54) is 0 Å². The Balaban J connectivity index is 1.85. The van der Waals surface area contributed by atoms with Gasteiger partial charge in [0.2, 0.25) is 5.95 Å². The normalized spacial score (nSPS) is 19.7. The van der Waals surface area contributed by atoms with Crippen LogP contribution in [0.1, 0.15) is 6.92 Å². The van der Waals surface area contributed by atoms with Gasteiger partial charge in [0, 0.05) is 31.2 Å². The van der Waals surface area contributed by atoms with Crippen molar-refractivity contribution in [2.45, 2.75) is 13.0 Å². The first-order chi connectivity index (χ1) is 9.24. The summed E-state index contributed by atoms with van der Waals surface area (Å²) in [6, 6.07) is 8.09. The fourth-order valence-electron chi connectivity index (χ4n) is 2.28. The molecule has 19 heavy (non-hydrogen) atoms. The lowest BCUT2D eigenvalue weighted by Gasteiger charge is -2.30. The zero-order valence-electron chi connectivity index (χ0n) is 10.7. The van der Waals surface area contributed by atoms with Crippen molar-refractivity contribution in [3.05, 3.63) is 29.3 Å². The number of halogens is 1. The van der Waals surface area contributed by atoms with Gasteiger partial charge in [0.25, 0.3) is 0 Å². The Hall–Kier alpha value is -1.59. The van der Waals surface area contributed by atoms with E-state index in [0.717, 1.165) is 31.1 Å². The molecule has 1 aliphatic rings. The molecule has 1 saturated heterocycles. The van der Waals surface area contributed by atoms with E-state index in [1.54, 1.807) is 0 Å². The predicted octanol–water partition coefficient (Wildman–Crippen LogP) is 1.92. The van der Waals surface area contributed by atoms with Gasteiger partial charge >= 0.3 is 0 Å². The zero-order chi connectivity index (χ0) is 13.2. The average Bonchev–Trinajstić information content (AvgIpc) is 2.89. The number of anilines is 1. The smallest absolute Gasteiger partial charge is 0.245 e. The second-order valence-electron chi connectivity index (χ2n) is 4.77. The molecule has 1 atom stereocenters. The van der Waals surface area contributed by atoms with Gasteiger partial charge in [-0.25, -0.2) is 0 Å². The molecule has 2 aromatic rings. The lowest BCUT2D eigenvalue weighted by Crippen LogP contribution is -2.49. The second-order valence-corrected chi connectivity index (χ2v) is 5.17. The molecule has 0 radical (unpaired) electrons. The maximum atomic E-state index is 6.17. The monoisotopic (exact) mass is 277 g/mol. The van der Waals surface area contributed by atoms with Crippen molar-refractivity contribution in [1.82, 2.24) is 20.5 Å². The molecule has 1 fully saturated rings. The van der Waals surface area contributed by atoms with Crippen LogP contribution in [0, 0.1) is 0 Å². The van der Waals surface area contributed by atoms with Crippen LogP contribution in [0.5, 0.6) is 0 Å². The molecular formula is C13H16ClN5. The second kappa shape index (κ2) is 5.19. The zero-order valence-corrected chi connectivity index (χ0v) is 11.5. The number of piperazine rings is 1. The van der Waals surface area contributed by atoms with Gasteiger partial charge in [0.15, 0.2) is 5.82 Å². The van der Waals surface area contributed by atoms with Crippen LogP contribution in [0.4, 0.5) is 5.95 Å². The van der Waals surface area contributed by atoms with Gasteiger partial charge in [-0.15, -0.1) is 5.10 Å². The summed E-state index contributed by atoms with van der Waals surface area (Å²) in [4.78, 5) is 6.73. The summed E-state index contributed by atoms with van der Waals surface area (Å²) in [5, 5.41) is 11.3. The standard InChI is InChI=1S/C13H16ClN5/c1-9-8-19(7-6-15-9)13-16-12(17-18-13)10-4-2-3-5-11(10)14/h2-5,9,15H,6-8H2,1H3,(H,16,17,18)/t9-/m1/s1. The predicted molar refractivity (Wildman–Crippen MR) is 76.5 cm³/mol. The molecule has 0 saturated carbocycles. The largest absolute Gasteiger partial charge is 0.337 e. The third-order valence-electron chi connectivity index (χ3n) is 3.25. The lowest BCUT2D eigenvalue weighted by molar-refractivity contribution is 0.480. The van der Waals surface area contributed by atoms with E-state index in [0.29, 0.717) is 16.9 Å². The molecule has 0 amide bonds. The number of nitrogens with zero attached hydrogens (tertiary/aromatic N) is 3. The lowest BCUT2D eigenvalue weighted by atomic mass is 10.2. The summed E-state index contributed by atoms with van der Waals surface area (Å²) in [5.41, 5.74) is 0.881. The van der Waals surface area contributed by atoms with E-state index in [9.17, 15) is 0 Å². The van der Waals surface area contributed by atoms with Gasteiger partial charge < -0.3 is 10.2 Å². The molecule has 0 unspecified atom stereocenters. The van der Waals surface area contributed by atoms with Crippen molar-refractivity contribution < 1.29 is 0 Å². The Kier molecular flexibility index (Phi) is 3.40. The summed E-state index contributed by atoms with van der Waals surface area (Å²) in [6.07, 6.45) is 0. The van der Waals surface area contributed by atoms with Gasteiger partial charge in [-0.3, -0.25) is 5.10 Å². The van der Waals surface area contributed by atoms with Crippen molar-refractivity contribution in [1.29, 1.82) is 0 Å². The first kappa shape index (κ1) is 12.4. The molecule has 5 nitrogen and oxygen atoms in total. The molecule has 2 heterocycles. The molecule has 1 aliphatic heterocycles. The Morgan fingerprint density at radius 3 is 3.00 bits per heavy atom. The average molecular weight is 278 g/mol. The van der Waals surface area contributed by atoms with E-state index in [1.807, 2.05) is 24.3 Å². The highest BCUT2D eigenvalue weighted by atomic mass is 35.5. The highest BCUT2D eigenvalue weighted by Gasteiger charge is 2.19. The van der Waals surface area contributed by atoms with Crippen LogP contribution in [0.15, 0.2) is 24.3 Å². The van der Waals surface area contributed by atoms with Crippen molar-refractivity contribution in [2.75, 3.05) is 24.5 Å². The van der Waals surface area contributed by atoms with E-state index in [4.69, 9.17) is 11.6 Å². The molecule has 0 spiro atoms. The molecule has 0 bridgehead atoms. The molecule has 2 N–H and O–H groups in total. The van der Waals surface area contributed by atoms with E-state index in [-0.39, 0.29) is 0 Å². The van der Waals surface area contributed by atoms with E-state index in [2.05, 4.69) is 32.3 Å². The Morgan fingerprint density at radius 1 is 1.37 bits per heavy atom. The number of H-pyrrole nitrogens is 1. The van der Waals surface area contributed by atoms with Crippen LogP contribution in [0.2, 0.25) is 5.02 Å². The molecular weight excluding hydrogens is 262 g/mol. The number of nitrogens with one attached hydrogen (secondary N) is 2. The highest BCUT2D eigenvalue weighted by molar-refractivity contribution is 6.33. The summed E-state index contributed by atoms with van der Waals surface area (Å²) in [7, 11) is 0. The van der Waals surface area contributed by atoms with Gasteiger partial charge in [-0.05, 0) is 19.1 Å². The van der Waals surface area contributed by atoms with Crippen molar-refractivity contribution in [3.8, 4) is 11.4 Å². The van der Waals surface area contributed by atoms with Gasteiger partial charge in [-0.2, -0.15) is 4.98 Å². The fourth-order valence-corrected chi connectivity index (χ4v) is 2.51. The van der Waals surface area contributed by atoms with Crippen LogP contribution >= 0.6 is 11.6 Å². The van der Waals surface area contributed by atoms with Gasteiger partial charge in [0.05, 0.1) is 5.02 Å². The molecule has 3 rings (SSSR count). The van der Waals surface area contributed by atoms with E-state index >= 15 is 0 Å². The number of aromatic amines is 1. The van der Waals surface area contributed by atoms with Crippen LogP contribution in [0.3, 0.4) is 0 Å². The van der Waals surface area contributed by atoms with Crippen LogP contribution in [-0.4, -0.2) is 40.9 Å². The van der Waals surface area contributed by atoms with Gasteiger partial charge in [-0.1, -0.05) is 23.7 Å². The molecule has 1 aromatic carbocycles. The topological polar surface area (TPSA) is 56.8 Å². The third-order valence-corrected chi connectivity index (χ3v) is 3.58. The highest BCUT2D eigenvalue weighted by Crippen LogP contribution is 2.25. The number of hydrogen-bond donors (Lipinski definition) is 2.